The Morgan fingerprint density at radius 3 is 3.00 bits per heavy atom. The van der Waals surface area contributed by atoms with Crippen LogP contribution in [0.1, 0.15) is 5.69 Å². The molecule has 0 aliphatic carbocycles. The molecule has 0 unspecified atom stereocenters. The molecule has 0 aliphatic rings. The van der Waals surface area contributed by atoms with Crippen molar-refractivity contribution in [2.24, 2.45) is 0 Å². The topological polar surface area (TPSA) is 96.7 Å². The predicted octanol–water partition coefficient (Wildman–Crippen LogP) is 1.32. The molecule has 2 rings (SSSR count). The number of aromatic nitrogens is 3. The van der Waals surface area contributed by atoms with Gasteiger partial charge >= 0.3 is 5.69 Å². The molecule has 0 spiro atoms. The highest BCUT2D eigenvalue weighted by Crippen LogP contribution is 2.22. The highest BCUT2D eigenvalue weighted by molar-refractivity contribution is 5.59. The first-order chi connectivity index (χ1) is 7.77. The average molecular weight is 219 g/mol. The first kappa shape index (κ1) is 10.1. The summed E-state index contributed by atoms with van der Waals surface area (Å²) in [6.45, 7) is 0.449. The minimum absolute atomic E-state index is 0.0398. The van der Waals surface area contributed by atoms with E-state index in [1.807, 2.05) is 0 Å². The number of nitrogens with zero attached hydrogens (tertiary/aromatic N) is 3. The number of nitro groups is 1. The van der Waals surface area contributed by atoms with E-state index in [0.717, 1.165) is 5.69 Å². The predicted molar refractivity (Wildman–Crippen MR) is 56.8 cm³/mol. The van der Waals surface area contributed by atoms with Crippen LogP contribution in [0.2, 0.25) is 0 Å². The van der Waals surface area contributed by atoms with Gasteiger partial charge in [0, 0.05) is 12.4 Å². The fraction of sp³-hybridized carbons (Fsp3) is 0.111. The lowest BCUT2D eigenvalue weighted by Gasteiger charge is -2.04. The summed E-state index contributed by atoms with van der Waals surface area (Å²) in [5.74, 6) is 0. The smallest absolute Gasteiger partial charge is 0.310 e. The number of H-pyrrole nitrogens is 1. The van der Waals surface area contributed by atoms with Crippen molar-refractivity contribution in [3.05, 3.63) is 46.5 Å². The van der Waals surface area contributed by atoms with Crippen molar-refractivity contribution in [1.29, 1.82) is 0 Å². The summed E-state index contributed by atoms with van der Waals surface area (Å²) < 4.78 is 0. The Balaban J connectivity index is 2.12. The Morgan fingerprint density at radius 2 is 2.31 bits per heavy atom. The van der Waals surface area contributed by atoms with Crippen molar-refractivity contribution in [1.82, 2.24) is 15.2 Å². The van der Waals surface area contributed by atoms with E-state index in [-0.39, 0.29) is 5.69 Å². The Bertz CT molecular complexity index is 482. The summed E-state index contributed by atoms with van der Waals surface area (Å²) in [5.41, 5.74) is 1.25. The summed E-state index contributed by atoms with van der Waals surface area (Å²) in [6, 6.07) is 3.36. The largest absolute Gasteiger partial charge is 0.374 e. The maximum atomic E-state index is 10.7. The molecule has 7 heteroatoms. The third kappa shape index (κ3) is 2.14. The van der Waals surface area contributed by atoms with Crippen LogP contribution in [0, 0.1) is 10.1 Å². The molecule has 0 atom stereocenters. The van der Waals surface area contributed by atoms with Gasteiger partial charge in [0.25, 0.3) is 0 Å². The molecule has 0 aromatic carbocycles. The molecule has 0 radical (unpaired) electrons. The van der Waals surface area contributed by atoms with Crippen LogP contribution >= 0.6 is 0 Å². The van der Waals surface area contributed by atoms with Crippen LogP contribution in [0.5, 0.6) is 0 Å². The normalized spacial score (nSPS) is 10.0. The van der Waals surface area contributed by atoms with E-state index in [2.05, 4.69) is 20.5 Å². The Hall–Kier alpha value is -2.44. The monoisotopic (exact) mass is 219 g/mol. The van der Waals surface area contributed by atoms with Crippen LogP contribution in [-0.4, -0.2) is 20.1 Å². The van der Waals surface area contributed by atoms with E-state index in [0.29, 0.717) is 12.2 Å². The molecule has 2 heterocycles. The van der Waals surface area contributed by atoms with Crippen molar-refractivity contribution in [3.8, 4) is 0 Å². The van der Waals surface area contributed by atoms with Gasteiger partial charge in [0.15, 0.2) is 0 Å². The van der Waals surface area contributed by atoms with E-state index >= 15 is 0 Å². The molecule has 7 nitrogen and oxygen atoms in total. The summed E-state index contributed by atoms with van der Waals surface area (Å²) >= 11 is 0. The zero-order valence-corrected chi connectivity index (χ0v) is 8.25. The minimum Gasteiger partial charge on any atom is -0.374 e. The maximum absolute atomic E-state index is 10.7. The minimum atomic E-state index is -0.470. The molecule has 82 valence electrons. The fourth-order valence-electron chi connectivity index (χ4n) is 1.25. The van der Waals surface area contributed by atoms with Gasteiger partial charge in [-0.1, -0.05) is 0 Å². The summed E-state index contributed by atoms with van der Waals surface area (Å²) in [7, 11) is 0. The highest BCUT2D eigenvalue weighted by Gasteiger charge is 2.12. The second kappa shape index (κ2) is 4.39. The van der Waals surface area contributed by atoms with Gasteiger partial charge in [-0.3, -0.25) is 20.2 Å². The zero-order valence-electron chi connectivity index (χ0n) is 8.25. The molecular weight excluding hydrogens is 210 g/mol. The average Bonchev–Trinajstić information content (AvgIpc) is 2.79. The molecule has 0 aliphatic heterocycles. The molecule has 0 saturated heterocycles. The summed E-state index contributed by atoms with van der Waals surface area (Å²) in [5, 5.41) is 20.2. The van der Waals surface area contributed by atoms with Crippen molar-refractivity contribution >= 4 is 11.4 Å². The first-order valence-corrected chi connectivity index (χ1v) is 4.58. The SMILES string of the molecule is O=[N+]([O-])c1cnccc1NCc1ccn[nH]1. The lowest BCUT2D eigenvalue weighted by atomic mass is 10.3. The molecule has 0 amide bonds. The van der Waals surface area contributed by atoms with E-state index in [9.17, 15) is 10.1 Å². The zero-order chi connectivity index (χ0) is 11.4. The van der Waals surface area contributed by atoms with E-state index in [1.54, 1.807) is 18.3 Å². The quantitative estimate of drug-likeness (QED) is 0.597. The van der Waals surface area contributed by atoms with Crippen molar-refractivity contribution in [2.75, 3.05) is 5.32 Å². The van der Waals surface area contributed by atoms with Gasteiger partial charge in [-0.05, 0) is 12.1 Å². The maximum Gasteiger partial charge on any atom is 0.310 e. The number of pyridine rings is 1. The van der Waals surface area contributed by atoms with Gasteiger partial charge in [0.1, 0.15) is 11.9 Å². The van der Waals surface area contributed by atoms with Crippen molar-refractivity contribution < 1.29 is 4.92 Å². The molecule has 16 heavy (non-hydrogen) atoms. The highest BCUT2D eigenvalue weighted by atomic mass is 16.6. The molecule has 0 bridgehead atoms. The third-order valence-electron chi connectivity index (χ3n) is 2.02. The lowest BCUT2D eigenvalue weighted by molar-refractivity contribution is -0.384. The van der Waals surface area contributed by atoms with E-state index in [1.165, 1.54) is 12.4 Å². The number of anilines is 1. The van der Waals surface area contributed by atoms with Gasteiger partial charge < -0.3 is 5.32 Å². The number of hydrogen-bond donors (Lipinski definition) is 2. The molecule has 0 fully saturated rings. The molecule has 0 saturated carbocycles. The van der Waals surface area contributed by atoms with Gasteiger partial charge in [-0.2, -0.15) is 5.10 Å². The van der Waals surface area contributed by atoms with E-state index in [4.69, 9.17) is 0 Å². The Kier molecular flexibility index (Phi) is 2.77. The summed E-state index contributed by atoms with van der Waals surface area (Å²) in [4.78, 5) is 13.9. The summed E-state index contributed by atoms with van der Waals surface area (Å²) in [6.07, 6.45) is 4.34. The molecule has 2 aromatic rings. The second-order valence-electron chi connectivity index (χ2n) is 3.09. The number of nitrogens with one attached hydrogen (secondary N) is 2. The lowest BCUT2D eigenvalue weighted by Crippen LogP contribution is -2.03. The fourth-order valence-corrected chi connectivity index (χ4v) is 1.25. The van der Waals surface area contributed by atoms with Gasteiger partial charge in [0.2, 0.25) is 0 Å². The number of aromatic amines is 1. The van der Waals surface area contributed by atoms with Crippen molar-refractivity contribution in [2.45, 2.75) is 6.54 Å². The van der Waals surface area contributed by atoms with Crippen LogP contribution < -0.4 is 5.32 Å². The number of hydrogen-bond acceptors (Lipinski definition) is 5. The van der Waals surface area contributed by atoms with Gasteiger partial charge in [0.05, 0.1) is 17.2 Å². The van der Waals surface area contributed by atoms with Crippen LogP contribution in [0.15, 0.2) is 30.7 Å². The third-order valence-corrected chi connectivity index (χ3v) is 2.02. The van der Waals surface area contributed by atoms with E-state index < -0.39 is 4.92 Å². The van der Waals surface area contributed by atoms with Gasteiger partial charge in [-0.15, -0.1) is 0 Å². The second-order valence-corrected chi connectivity index (χ2v) is 3.09. The molecular formula is C9H9N5O2. The van der Waals surface area contributed by atoms with Crippen LogP contribution in [0.3, 0.4) is 0 Å². The van der Waals surface area contributed by atoms with Crippen molar-refractivity contribution in [3.63, 3.8) is 0 Å². The molecule has 2 aromatic heterocycles. The van der Waals surface area contributed by atoms with Crippen LogP contribution in [-0.2, 0) is 6.54 Å². The molecule has 2 N–H and O–H groups in total. The van der Waals surface area contributed by atoms with Crippen LogP contribution in [0.4, 0.5) is 11.4 Å². The van der Waals surface area contributed by atoms with Crippen LogP contribution in [0.25, 0.3) is 0 Å². The first-order valence-electron chi connectivity index (χ1n) is 4.58. The Morgan fingerprint density at radius 1 is 1.44 bits per heavy atom. The number of rotatable bonds is 4. The standard InChI is InChI=1S/C9H9N5O2/c15-14(16)9-6-10-3-2-8(9)11-5-7-1-4-12-13-7/h1-4,6H,5H2,(H,10,11)(H,12,13). The Labute approximate surface area is 90.7 Å². The van der Waals surface area contributed by atoms with Gasteiger partial charge in [-0.25, -0.2) is 0 Å².